The molecule has 3 aromatic rings. The van der Waals surface area contributed by atoms with E-state index in [1.807, 2.05) is 0 Å². The van der Waals surface area contributed by atoms with Crippen molar-refractivity contribution < 1.29 is 18.3 Å². The summed E-state index contributed by atoms with van der Waals surface area (Å²) in [5, 5.41) is 0. The van der Waals surface area contributed by atoms with Gasteiger partial charge in [0.1, 0.15) is 5.82 Å². The second-order valence-electron chi connectivity index (χ2n) is 5.49. The topological polar surface area (TPSA) is 52.1 Å². The van der Waals surface area contributed by atoms with E-state index in [2.05, 4.69) is 9.97 Å². The third kappa shape index (κ3) is 3.52. The molecule has 4 nitrogen and oxygen atoms in total. The summed E-state index contributed by atoms with van der Waals surface area (Å²) >= 11 is 0. The summed E-state index contributed by atoms with van der Waals surface area (Å²) in [5.74, 6) is -2.75. The van der Waals surface area contributed by atoms with Crippen molar-refractivity contribution in [1.82, 2.24) is 9.97 Å². The van der Waals surface area contributed by atoms with Gasteiger partial charge in [-0.25, -0.2) is 19.2 Å². The quantitative estimate of drug-likeness (QED) is 0.528. The highest BCUT2D eigenvalue weighted by atomic mass is 19.2. The predicted octanol–water partition coefficient (Wildman–Crippen LogP) is 4.26. The van der Waals surface area contributed by atoms with E-state index in [1.54, 1.807) is 43.6 Å². The Balaban J connectivity index is 1.79. The largest absolute Gasteiger partial charge is 0.420 e. The molecule has 0 aliphatic rings. The number of nitrogens with zero attached hydrogens (tertiary/aromatic N) is 2. The number of carbonyl (C=O) groups excluding carboxylic acids is 1. The molecule has 1 aromatic heterocycles. The summed E-state index contributed by atoms with van der Waals surface area (Å²) < 4.78 is 32.3. The average Bonchev–Trinajstić information content (AvgIpc) is 2.63. The van der Waals surface area contributed by atoms with Crippen molar-refractivity contribution >= 4 is 5.97 Å². The molecule has 3 rings (SSSR count). The van der Waals surface area contributed by atoms with Gasteiger partial charge >= 0.3 is 5.97 Å². The van der Waals surface area contributed by atoms with E-state index in [0.29, 0.717) is 5.82 Å². The number of aryl methyl sites for hydroxylation is 2. The number of carbonyl (C=O) groups is 1. The minimum absolute atomic E-state index is 0.141. The fourth-order valence-electron chi connectivity index (χ4n) is 2.21. The van der Waals surface area contributed by atoms with Crippen molar-refractivity contribution in [2.24, 2.45) is 0 Å². The molecule has 0 fully saturated rings. The number of aromatic nitrogens is 2. The predicted molar refractivity (Wildman–Crippen MR) is 88.3 cm³/mol. The van der Waals surface area contributed by atoms with Crippen LogP contribution in [0.1, 0.15) is 21.7 Å². The maximum absolute atomic E-state index is 13.8. The van der Waals surface area contributed by atoms with Crippen LogP contribution in [-0.4, -0.2) is 15.9 Å². The number of hydrogen-bond donors (Lipinski definition) is 0. The van der Waals surface area contributed by atoms with Crippen molar-refractivity contribution in [3.63, 3.8) is 0 Å². The van der Waals surface area contributed by atoms with E-state index in [-0.39, 0.29) is 11.1 Å². The first kappa shape index (κ1) is 16.7. The molecule has 2 aromatic carbocycles. The fourth-order valence-corrected chi connectivity index (χ4v) is 2.21. The maximum atomic E-state index is 13.8. The van der Waals surface area contributed by atoms with Gasteiger partial charge in [-0.1, -0.05) is 18.2 Å². The highest BCUT2D eigenvalue weighted by Crippen LogP contribution is 2.24. The van der Waals surface area contributed by atoms with Gasteiger partial charge in [0.15, 0.2) is 11.6 Å². The van der Waals surface area contributed by atoms with E-state index in [9.17, 15) is 13.6 Å². The van der Waals surface area contributed by atoms with Crippen molar-refractivity contribution in [1.29, 1.82) is 0 Å². The lowest BCUT2D eigenvalue weighted by Gasteiger charge is -2.08. The molecule has 0 saturated carbocycles. The molecule has 25 heavy (non-hydrogen) atoms. The molecular formula is C19H14F2N2O2. The minimum atomic E-state index is -1.18. The van der Waals surface area contributed by atoms with Crippen LogP contribution in [0.25, 0.3) is 11.1 Å². The highest BCUT2D eigenvalue weighted by Gasteiger charge is 2.16. The molecule has 126 valence electrons. The van der Waals surface area contributed by atoms with Crippen molar-refractivity contribution in [3.05, 3.63) is 77.4 Å². The molecule has 0 aliphatic carbocycles. The molecule has 0 radical (unpaired) electrons. The Kier molecular flexibility index (Phi) is 4.52. The van der Waals surface area contributed by atoms with E-state index < -0.39 is 23.4 Å². The summed E-state index contributed by atoms with van der Waals surface area (Å²) in [7, 11) is 0. The van der Waals surface area contributed by atoms with Gasteiger partial charge in [-0.15, -0.1) is 0 Å². The number of halogens is 2. The Bertz CT molecular complexity index is 923. The number of rotatable bonds is 3. The van der Waals surface area contributed by atoms with E-state index in [4.69, 9.17) is 4.74 Å². The summed E-state index contributed by atoms with van der Waals surface area (Å²) in [6.45, 7) is 3.22. The minimum Gasteiger partial charge on any atom is -0.420 e. The first-order chi connectivity index (χ1) is 12.0. The SMILES string of the molecule is Cc1ncc(-c2ccc(C(=O)Oc3ccc(C)c(F)c3F)cc2)cn1. The first-order valence-corrected chi connectivity index (χ1v) is 7.51. The summed E-state index contributed by atoms with van der Waals surface area (Å²) in [6.07, 6.45) is 3.36. The fraction of sp³-hybridized carbons (Fsp3) is 0.105. The summed E-state index contributed by atoms with van der Waals surface area (Å²) in [4.78, 5) is 20.3. The molecule has 0 bridgehead atoms. The molecule has 0 amide bonds. The van der Waals surface area contributed by atoms with Gasteiger partial charge in [-0.3, -0.25) is 0 Å². The summed E-state index contributed by atoms with van der Waals surface area (Å²) in [5.41, 5.74) is 1.99. The van der Waals surface area contributed by atoms with Crippen LogP contribution < -0.4 is 4.74 Å². The van der Waals surface area contributed by atoms with Crippen LogP contribution in [0.15, 0.2) is 48.8 Å². The number of benzene rings is 2. The lowest BCUT2D eigenvalue weighted by Crippen LogP contribution is -2.10. The maximum Gasteiger partial charge on any atom is 0.343 e. The van der Waals surface area contributed by atoms with Crippen LogP contribution in [0.4, 0.5) is 8.78 Å². The lowest BCUT2D eigenvalue weighted by molar-refractivity contribution is 0.0726. The highest BCUT2D eigenvalue weighted by molar-refractivity contribution is 5.91. The molecule has 0 aliphatic heterocycles. The van der Waals surface area contributed by atoms with E-state index >= 15 is 0 Å². The van der Waals surface area contributed by atoms with Crippen LogP contribution in [0.3, 0.4) is 0 Å². The van der Waals surface area contributed by atoms with Gasteiger partial charge in [-0.05, 0) is 43.2 Å². The smallest absolute Gasteiger partial charge is 0.343 e. The Hall–Kier alpha value is -3.15. The Morgan fingerprint density at radius 1 is 0.880 bits per heavy atom. The van der Waals surface area contributed by atoms with Crippen LogP contribution >= 0.6 is 0 Å². The van der Waals surface area contributed by atoms with Crippen LogP contribution in [0.5, 0.6) is 5.75 Å². The van der Waals surface area contributed by atoms with E-state index in [0.717, 1.165) is 11.1 Å². The Morgan fingerprint density at radius 2 is 1.52 bits per heavy atom. The molecule has 0 N–H and O–H groups in total. The van der Waals surface area contributed by atoms with Crippen LogP contribution in [0, 0.1) is 25.5 Å². The van der Waals surface area contributed by atoms with Gasteiger partial charge in [-0.2, -0.15) is 4.39 Å². The normalized spacial score (nSPS) is 10.6. The van der Waals surface area contributed by atoms with Crippen LogP contribution in [-0.2, 0) is 0 Å². The second-order valence-corrected chi connectivity index (χ2v) is 5.49. The molecule has 0 unspecified atom stereocenters. The molecule has 0 saturated heterocycles. The number of hydrogen-bond acceptors (Lipinski definition) is 4. The van der Waals surface area contributed by atoms with Gasteiger partial charge in [0.05, 0.1) is 5.56 Å². The van der Waals surface area contributed by atoms with Gasteiger partial charge in [0.25, 0.3) is 0 Å². The van der Waals surface area contributed by atoms with Crippen molar-refractivity contribution in [3.8, 4) is 16.9 Å². The molecule has 1 heterocycles. The first-order valence-electron chi connectivity index (χ1n) is 7.51. The summed E-state index contributed by atoms with van der Waals surface area (Å²) in [6, 6.07) is 9.07. The van der Waals surface area contributed by atoms with Crippen molar-refractivity contribution in [2.75, 3.05) is 0 Å². The standard InChI is InChI=1S/C19H14F2N2O2/c1-11-3-8-16(18(21)17(11)20)25-19(24)14-6-4-13(5-7-14)15-9-22-12(2)23-10-15/h3-10H,1-2H3. The van der Waals surface area contributed by atoms with E-state index in [1.165, 1.54) is 19.1 Å². The third-order valence-corrected chi connectivity index (χ3v) is 3.68. The van der Waals surface area contributed by atoms with Crippen molar-refractivity contribution in [2.45, 2.75) is 13.8 Å². The molecular weight excluding hydrogens is 326 g/mol. The zero-order chi connectivity index (χ0) is 18.0. The molecule has 6 heteroatoms. The lowest BCUT2D eigenvalue weighted by atomic mass is 10.1. The molecule has 0 spiro atoms. The number of ether oxygens (including phenoxy) is 1. The van der Waals surface area contributed by atoms with Gasteiger partial charge in [0.2, 0.25) is 5.82 Å². The second kappa shape index (κ2) is 6.76. The zero-order valence-electron chi connectivity index (χ0n) is 13.6. The monoisotopic (exact) mass is 340 g/mol. The number of esters is 1. The van der Waals surface area contributed by atoms with Crippen LogP contribution in [0.2, 0.25) is 0 Å². The Labute approximate surface area is 143 Å². The zero-order valence-corrected chi connectivity index (χ0v) is 13.6. The molecule has 0 atom stereocenters. The Morgan fingerprint density at radius 3 is 2.16 bits per heavy atom. The van der Waals surface area contributed by atoms with Gasteiger partial charge < -0.3 is 4.74 Å². The third-order valence-electron chi connectivity index (χ3n) is 3.68. The average molecular weight is 340 g/mol. The van der Waals surface area contributed by atoms with Gasteiger partial charge in [0, 0.05) is 18.0 Å².